The van der Waals surface area contributed by atoms with Crippen molar-refractivity contribution in [2.24, 2.45) is 0 Å². The Balaban J connectivity index is 1.39. The average molecular weight is 408 g/mol. The van der Waals surface area contributed by atoms with E-state index in [2.05, 4.69) is 41.9 Å². The Labute approximate surface area is 177 Å². The molecule has 0 spiro atoms. The van der Waals surface area contributed by atoms with Gasteiger partial charge in [-0.2, -0.15) is 0 Å². The van der Waals surface area contributed by atoms with E-state index in [1.807, 2.05) is 24.3 Å². The van der Waals surface area contributed by atoms with E-state index in [1.165, 1.54) is 11.1 Å². The van der Waals surface area contributed by atoms with Crippen LogP contribution in [0.1, 0.15) is 36.2 Å². The number of benzene rings is 2. The minimum atomic E-state index is -0.325. The lowest BCUT2D eigenvalue weighted by Crippen LogP contribution is -2.34. The summed E-state index contributed by atoms with van der Waals surface area (Å²) in [5.41, 5.74) is 4.51. The predicted molar refractivity (Wildman–Crippen MR) is 117 cm³/mol. The highest BCUT2D eigenvalue weighted by Gasteiger charge is 2.23. The highest BCUT2D eigenvalue weighted by molar-refractivity contribution is 5.81. The Kier molecular flexibility index (Phi) is 6.33. The van der Waals surface area contributed by atoms with Crippen LogP contribution in [0.25, 0.3) is 11.0 Å². The zero-order valence-corrected chi connectivity index (χ0v) is 17.7. The van der Waals surface area contributed by atoms with Gasteiger partial charge >= 0.3 is 0 Å². The maximum Gasteiger partial charge on any atom is 0.249 e. The first-order valence-electron chi connectivity index (χ1n) is 10.7. The van der Waals surface area contributed by atoms with Crippen molar-refractivity contribution in [1.29, 1.82) is 0 Å². The summed E-state index contributed by atoms with van der Waals surface area (Å²) in [5.74, 6) is 1.70. The highest BCUT2D eigenvalue weighted by atomic mass is 16.5. The summed E-state index contributed by atoms with van der Waals surface area (Å²) in [6, 6.07) is 14.2. The zero-order valence-electron chi connectivity index (χ0n) is 17.7. The minimum absolute atomic E-state index is 0.0517. The van der Waals surface area contributed by atoms with E-state index in [0.29, 0.717) is 19.8 Å². The number of ether oxygens (including phenoxy) is 2. The lowest BCUT2D eigenvalue weighted by atomic mass is 10.1. The number of nitrogens with zero attached hydrogens (tertiary/aromatic N) is 2. The third-order valence-corrected chi connectivity index (χ3v) is 5.65. The van der Waals surface area contributed by atoms with Gasteiger partial charge in [0, 0.05) is 13.2 Å². The molecule has 30 heavy (non-hydrogen) atoms. The summed E-state index contributed by atoms with van der Waals surface area (Å²) in [4.78, 5) is 17.1. The summed E-state index contributed by atoms with van der Waals surface area (Å²) >= 11 is 0. The normalized spacial score (nSPS) is 16.1. The number of imidazole rings is 1. The molecule has 1 N–H and O–H groups in total. The lowest BCUT2D eigenvalue weighted by molar-refractivity contribution is -0.130. The molecular weight excluding hydrogens is 378 g/mol. The molecule has 1 amide bonds. The van der Waals surface area contributed by atoms with Crippen molar-refractivity contribution in [3.05, 3.63) is 59.4 Å². The molecule has 1 aliphatic rings. The molecule has 0 saturated carbocycles. The number of hydrogen-bond donors (Lipinski definition) is 1. The third-order valence-electron chi connectivity index (χ3n) is 5.65. The molecule has 1 atom stereocenters. The Bertz CT molecular complexity index is 1020. The number of carbonyl (C=O) groups excluding carboxylic acids is 1. The molecule has 1 aliphatic heterocycles. The standard InChI is InChI=1S/C24H29N3O3/c1-17-10-11-19(15-18(17)2)29-14-6-12-27-21-8-4-3-7-20(21)26-23(27)16-25-24(28)22-9-5-13-30-22/h3-4,7-8,10-11,15,22H,5-6,9,12-14,16H2,1-2H3,(H,25,28). The van der Waals surface area contributed by atoms with Gasteiger partial charge in [0.2, 0.25) is 5.91 Å². The van der Waals surface area contributed by atoms with Crippen LogP contribution in [0, 0.1) is 13.8 Å². The molecule has 1 saturated heterocycles. The number of para-hydroxylation sites is 2. The number of fused-ring (bicyclic) bond motifs is 1. The van der Waals surface area contributed by atoms with Gasteiger partial charge in [-0.3, -0.25) is 4.79 Å². The van der Waals surface area contributed by atoms with Gasteiger partial charge in [-0.1, -0.05) is 18.2 Å². The summed E-state index contributed by atoms with van der Waals surface area (Å²) < 4.78 is 13.6. The number of hydrogen-bond acceptors (Lipinski definition) is 4. The van der Waals surface area contributed by atoms with Gasteiger partial charge in [0.1, 0.15) is 17.7 Å². The molecular formula is C24H29N3O3. The number of rotatable bonds is 8. The number of carbonyl (C=O) groups is 1. The van der Waals surface area contributed by atoms with Crippen molar-refractivity contribution in [1.82, 2.24) is 14.9 Å². The molecule has 6 heteroatoms. The molecule has 2 aromatic carbocycles. The van der Waals surface area contributed by atoms with Crippen LogP contribution in [0.4, 0.5) is 0 Å². The molecule has 0 aliphatic carbocycles. The molecule has 1 unspecified atom stereocenters. The van der Waals surface area contributed by atoms with E-state index in [-0.39, 0.29) is 12.0 Å². The number of aryl methyl sites for hydroxylation is 3. The van der Waals surface area contributed by atoms with Crippen LogP contribution in [0.5, 0.6) is 5.75 Å². The van der Waals surface area contributed by atoms with Crippen molar-refractivity contribution in [2.45, 2.75) is 52.3 Å². The van der Waals surface area contributed by atoms with Gasteiger partial charge in [-0.25, -0.2) is 4.98 Å². The van der Waals surface area contributed by atoms with Gasteiger partial charge in [0.25, 0.3) is 0 Å². The van der Waals surface area contributed by atoms with Crippen LogP contribution >= 0.6 is 0 Å². The fraction of sp³-hybridized carbons (Fsp3) is 0.417. The van der Waals surface area contributed by atoms with Crippen LogP contribution in [0.2, 0.25) is 0 Å². The molecule has 1 fully saturated rings. The van der Waals surface area contributed by atoms with Crippen LogP contribution in [0.3, 0.4) is 0 Å². The smallest absolute Gasteiger partial charge is 0.249 e. The summed E-state index contributed by atoms with van der Waals surface area (Å²) in [5, 5.41) is 2.99. The first-order chi connectivity index (χ1) is 14.6. The van der Waals surface area contributed by atoms with E-state index in [0.717, 1.165) is 48.4 Å². The molecule has 0 radical (unpaired) electrons. The Hall–Kier alpha value is -2.86. The Morgan fingerprint density at radius 1 is 1.23 bits per heavy atom. The van der Waals surface area contributed by atoms with Crippen molar-refractivity contribution >= 4 is 16.9 Å². The summed E-state index contributed by atoms with van der Waals surface area (Å²) in [6.45, 7) is 6.65. The fourth-order valence-electron chi connectivity index (χ4n) is 3.79. The van der Waals surface area contributed by atoms with E-state index < -0.39 is 0 Å². The van der Waals surface area contributed by atoms with Gasteiger partial charge in [-0.05, 0) is 68.5 Å². The van der Waals surface area contributed by atoms with Crippen LogP contribution in [0.15, 0.2) is 42.5 Å². The molecule has 158 valence electrons. The van der Waals surface area contributed by atoms with E-state index in [4.69, 9.17) is 14.5 Å². The maximum atomic E-state index is 12.3. The van der Waals surface area contributed by atoms with Crippen LogP contribution in [-0.2, 0) is 22.6 Å². The second kappa shape index (κ2) is 9.30. The van der Waals surface area contributed by atoms with Crippen LogP contribution in [-0.4, -0.2) is 34.8 Å². The minimum Gasteiger partial charge on any atom is -0.494 e. The second-order valence-electron chi connectivity index (χ2n) is 7.84. The molecule has 0 bridgehead atoms. The molecule has 2 heterocycles. The third kappa shape index (κ3) is 4.65. The molecule has 4 rings (SSSR count). The monoisotopic (exact) mass is 407 g/mol. The first kappa shape index (κ1) is 20.4. The van der Waals surface area contributed by atoms with Gasteiger partial charge in [0.05, 0.1) is 24.2 Å². The van der Waals surface area contributed by atoms with Gasteiger partial charge < -0.3 is 19.4 Å². The highest BCUT2D eigenvalue weighted by Crippen LogP contribution is 2.19. The Morgan fingerprint density at radius 2 is 2.10 bits per heavy atom. The van der Waals surface area contributed by atoms with E-state index >= 15 is 0 Å². The largest absolute Gasteiger partial charge is 0.494 e. The Morgan fingerprint density at radius 3 is 2.90 bits per heavy atom. The van der Waals surface area contributed by atoms with Crippen molar-refractivity contribution < 1.29 is 14.3 Å². The fourth-order valence-corrected chi connectivity index (χ4v) is 3.79. The van der Waals surface area contributed by atoms with Crippen molar-refractivity contribution in [3.8, 4) is 5.75 Å². The second-order valence-corrected chi connectivity index (χ2v) is 7.84. The summed E-state index contributed by atoms with van der Waals surface area (Å²) in [6.07, 6.45) is 2.25. The molecule has 3 aromatic rings. The topological polar surface area (TPSA) is 65.4 Å². The van der Waals surface area contributed by atoms with Crippen LogP contribution < -0.4 is 10.1 Å². The zero-order chi connectivity index (χ0) is 20.9. The summed E-state index contributed by atoms with van der Waals surface area (Å²) in [7, 11) is 0. The van der Waals surface area contributed by atoms with Crippen molar-refractivity contribution in [3.63, 3.8) is 0 Å². The first-order valence-corrected chi connectivity index (χ1v) is 10.7. The number of aromatic nitrogens is 2. The lowest BCUT2D eigenvalue weighted by Gasteiger charge is -2.13. The van der Waals surface area contributed by atoms with Gasteiger partial charge in [-0.15, -0.1) is 0 Å². The number of amides is 1. The molecule has 1 aromatic heterocycles. The quantitative estimate of drug-likeness (QED) is 0.575. The molecule has 6 nitrogen and oxygen atoms in total. The number of nitrogens with one attached hydrogen (secondary N) is 1. The predicted octanol–water partition coefficient (Wildman–Crippen LogP) is 3.92. The van der Waals surface area contributed by atoms with E-state index in [1.54, 1.807) is 0 Å². The SMILES string of the molecule is Cc1ccc(OCCCn2c(CNC(=O)C3CCCO3)nc3ccccc32)cc1C. The van der Waals surface area contributed by atoms with Gasteiger partial charge in [0.15, 0.2) is 0 Å². The van der Waals surface area contributed by atoms with E-state index in [9.17, 15) is 4.79 Å². The van der Waals surface area contributed by atoms with Crippen molar-refractivity contribution in [2.75, 3.05) is 13.2 Å². The maximum absolute atomic E-state index is 12.3. The average Bonchev–Trinajstić information content (AvgIpc) is 3.40.